The van der Waals surface area contributed by atoms with Gasteiger partial charge in [-0.1, -0.05) is 6.07 Å². The largest absolute Gasteiger partial charge is 0.493 e. The van der Waals surface area contributed by atoms with Gasteiger partial charge in [0.2, 0.25) is 5.75 Å². The molecule has 4 nitrogen and oxygen atoms in total. The van der Waals surface area contributed by atoms with Crippen molar-refractivity contribution in [2.45, 2.75) is 6.92 Å². The number of rotatable bonds is 5. The summed E-state index contributed by atoms with van der Waals surface area (Å²) in [6.07, 6.45) is 0.822. The van der Waals surface area contributed by atoms with Crippen molar-refractivity contribution < 1.29 is 19.0 Å². The van der Waals surface area contributed by atoms with Crippen molar-refractivity contribution in [1.82, 2.24) is 0 Å². The van der Waals surface area contributed by atoms with Crippen molar-refractivity contribution in [2.75, 3.05) is 14.2 Å². The molecule has 0 amide bonds. The molecule has 2 aromatic carbocycles. The van der Waals surface area contributed by atoms with Crippen molar-refractivity contribution in [2.24, 2.45) is 0 Å². The number of carbonyl (C=O) groups excluding carboxylic acids is 1. The molecule has 104 valence electrons. The molecular weight excluding hydrogens is 256 g/mol. The molecule has 0 aliphatic rings. The Bertz CT molecular complexity index is 598. The number of carbonyl (C=O) groups is 1. The molecule has 0 aliphatic carbocycles. The van der Waals surface area contributed by atoms with Gasteiger partial charge >= 0.3 is 0 Å². The van der Waals surface area contributed by atoms with Gasteiger partial charge in [-0.2, -0.15) is 0 Å². The molecule has 0 unspecified atom stereocenters. The van der Waals surface area contributed by atoms with Gasteiger partial charge in [0.25, 0.3) is 0 Å². The van der Waals surface area contributed by atoms with Gasteiger partial charge in [-0.25, -0.2) is 0 Å². The van der Waals surface area contributed by atoms with Crippen LogP contribution >= 0.6 is 0 Å². The van der Waals surface area contributed by atoms with Crippen molar-refractivity contribution in [3.05, 3.63) is 47.5 Å². The molecule has 0 heterocycles. The third kappa shape index (κ3) is 2.74. The third-order valence-corrected chi connectivity index (χ3v) is 2.97. The van der Waals surface area contributed by atoms with Crippen LogP contribution in [0.25, 0.3) is 0 Å². The van der Waals surface area contributed by atoms with Crippen LogP contribution in [0.15, 0.2) is 36.4 Å². The van der Waals surface area contributed by atoms with Gasteiger partial charge in [-0.3, -0.25) is 4.79 Å². The van der Waals surface area contributed by atoms with E-state index in [1.807, 2.05) is 13.0 Å². The Labute approximate surface area is 117 Å². The number of aldehydes is 1. The van der Waals surface area contributed by atoms with Crippen LogP contribution in [0.4, 0.5) is 0 Å². The first-order valence-electron chi connectivity index (χ1n) is 6.14. The predicted molar refractivity (Wildman–Crippen MR) is 76.2 cm³/mol. The van der Waals surface area contributed by atoms with E-state index in [0.29, 0.717) is 28.6 Å². The first kappa shape index (κ1) is 13.9. The summed E-state index contributed by atoms with van der Waals surface area (Å²) in [6.45, 7) is 1.86. The number of para-hydroxylation sites is 1. The molecule has 2 rings (SSSR count). The third-order valence-electron chi connectivity index (χ3n) is 2.97. The van der Waals surface area contributed by atoms with Crippen LogP contribution in [0.5, 0.6) is 23.0 Å². The maximum absolute atomic E-state index is 10.8. The number of methoxy groups -OCH3 is 2. The molecular formula is C16H16O4. The standard InChI is InChI=1S/C16H16O4/c1-11-9-13(8-7-12(11)10-17)20-16-14(18-2)5-4-6-15(16)19-3/h4-10H,1-3H3. The summed E-state index contributed by atoms with van der Waals surface area (Å²) in [7, 11) is 3.14. The van der Waals surface area contributed by atoms with E-state index >= 15 is 0 Å². The zero-order chi connectivity index (χ0) is 14.5. The number of ether oxygens (including phenoxy) is 3. The summed E-state index contributed by atoms with van der Waals surface area (Å²) in [5.41, 5.74) is 1.50. The average molecular weight is 272 g/mol. The Morgan fingerprint density at radius 1 is 1.00 bits per heavy atom. The normalized spacial score (nSPS) is 9.95. The van der Waals surface area contributed by atoms with Gasteiger partial charge in [-0.05, 0) is 42.8 Å². The zero-order valence-electron chi connectivity index (χ0n) is 11.7. The van der Waals surface area contributed by atoms with E-state index in [4.69, 9.17) is 14.2 Å². The van der Waals surface area contributed by atoms with Gasteiger partial charge < -0.3 is 14.2 Å². The second kappa shape index (κ2) is 6.10. The Morgan fingerprint density at radius 2 is 1.65 bits per heavy atom. The minimum atomic E-state index is 0.510. The van der Waals surface area contributed by atoms with Crippen LogP contribution in [-0.2, 0) is 0 Å². The molecule has 0 aliphatic heterocycles. The van der Waals surface area contributed by atoms with Gasteiger partial charge in [0, 0.05) is 5.56 Å². The SMILES string of the molecule is COc1cccc(OC)c1Oc1ccc(C=O)c(C)c1. The first-order chi connectivity index (χ1) is 9.69. The summed E-state index contributed by atoms with van der Waals surface area (Å²) in [5.74, 6) is 2.30. The average Bonchev–Trinajstić information content (AvgIpc) is 2.47. The van der Waals surface area contributed by atoms with E-state index in [2.05, 4.69) is 0 Å². The fraction of sp³-hybridized carbons (Fsp3) is 0.188. The van der Waals surface area contributed by atoms with Crippen LogP contribution in [0.2, 0.25) is 0 Å². The predicted octanol–water partition coefficient (Wildman–Crippen LogP) is 3.62. The van der Waals surface area contributed by atoms with Crippen LogP contribution in [0.3, 0.4) is 0 Å². The van der Waals surface area contributed by atoms with E-state index < -0.39 is 0 Å². The van der Waals surface area contributed by atoms with E-state index in [9.17, 15) is 4.79 Å². The smallest absolute Gasteiger partial charge is 0.210 e. The maximum atomic E-state index is 10.8. The minimum absolute atomic E-state index is 0.510. The molecule has 0 spiro atoms. The Balaban J connectivity index is 2.38. The Hall–Kier alpha value is -2.49. The molecule has 2 aromatic rings. The highest BCUT2D eigenvalue weighted by atomic mass is 16.5. The van der Waals surface area contributed by atoms with Crippen molar-refractivity contribution in [3.8, 4) is 23.0 Å². The van der Waals surface area contributed by atoms with E-state index in [1.165, 1.54) is 0 Å². The topological polar surface area (TPSA) is 44.8 Å². The quantitative estimate of drug-likeness (QED) is 0.780. The van der Waals surface area contributed by atoms with Crippen LogP contribution in [-0.4, -0.2) is 20.5 Å². The second-order valence-electron chi connectivity index (χ2n) is 4.23. The molecule has 0 aromatic heterocycles. The molecule has 0 saturated heterocycles. The Morgan fingerprint density at radius 3 is 2.15 bits per heavy atom. The van der Waals surface area contributed by atoms with Crippen LogP contribution < -0.4 is 14.2 Å². The van der Waals surface area contributed by atoms with Gasteiger partial charge in [0.15, 0.2) is 11.5 Å². The molecule has 0 bridgehead atoms. The van der Waals surface area contributed by atoms with Crippen molar-refractivity contribution >= 4 is 6.29 Å². The monoisotopic (exact) mass is 272 g/mol. The first-order valence-corrected chi connectivity index (χ1v) is 6.14. The molecule has 0 N–H and O–H groups in total. The molecule has 0 saturated carbocycles. The fourth-order valence-corrected chi connectivity index (χ4v) is 1.88. The number of benzene rings is 2. The van der Waals surface area contributed by atoms with Crippen LogP contribution in [0.1, 0.15) is 15.9 Å². The highest BCUT2D eigenvalue weighted by molar-refractivity contribution is 5.77. The minimum Gasteiger partial charge on any atom is -0.493 e. The molecule has 0 radical (unpaired) electrons. The summed E-state index contributed by atoms with van der Waals surface area (Å²) in [6, 6.07) is 10.7. The fourth-order valence-electron chi connectivity index (χ4n) is 1.88. The molecule has 0 fully saturated rings. The van der Waals surface area contributed by atoms with Crippen molar-refractivity contribution in [3.63, 3.8) is 0 Å². The number of aryl methyl sites for hydroxylation is 1. The lowest BCUT2D eigenvalue weighted by Gasteiger charge is -2.14. The van der Waals surface area contributed by atoms with E-state index in [0.717, 1.165) is 11.8 Å². The second-order valence-corrected chi connectivity index (χ2v) is 4.23. The zero-order valence-corrected chi connectivity index (χ0v) is 11.7. The summed E-state index contributed by atoms with van der Waals surface area (Å²) in [5, 5.41) is 0. The van der Waals surface area contributed by atoms with Crippen molar-refractivity contribution in [1.29, 1.82) is 0 Å². The molecule has 20 heavy (non-hydrogen) atoms. The van der Waals surface area contributed by atoms with E-state index in [-0.39, 0.29) is 0 Å². The Kier molecular flexibility index (Phi) is 4.25. The summed E-state index contributed by atoms with van der Waals surface area (Å²) < 4.78 is 16.4. The number of hydrogen-bond acceptors (Lipinski definition) is 4. The van der Waals surface area contributed by atoms with Gasteiger partial charge in [0.05, 0.1) is 14.2 Å². The molecule has 0 atom stereocenters. The van der Waals surface area contributed by atoms with Crippen LogP contribution in [0, 0.1) is 6.92 Å². The molecule has 4 heteroatoms. The van der Waals surface area contributed by atoms with Gasteiger partial charge in [0.1, 0.15) is 12.0 Å². The lowest BCUT2D eigenvalue weighted by molar-refractivity contribution is 0.112. The lowest BCUT2D eigenvalue weighted by Crippen LogP contribution is -1.95. The maximum Gasteiger partial charge on any atom is 0.210 e. The number of hydrogen-bond donors (Lipinski definition) is 0. The highest BCUT2D eigenvalue weighted by Gasteiger charge is 2.12. The van der Waals surface area contributed by atoms with Gasteiger partial charge in [-0.15, -0.1) is 0 Å². The lowest BCUT2D eigenvalue weighted by atomic mass is 10.1. The van der Waals surface area contributed by atoms with E-state index in [1.54, 1.807) is 44.6 Å². The highest BCUT2D eigenvalue weighted by Crippen LogP contribution is 2.40. The summed E-state index contributed by atoms with van der Waals surface area (Å²) >= 11 is 0. The summed E-state index contributed by atoms with van der Waals surface area (Å²) in [4.78, 5) is 10.8.